The highest BCUT2D eigenvalue weighted by atomic mass is 16.1. The van der Waals surface area contributed by atoms with Gasteiger partial charge in [0.2, 0.25) is 5.91 Å². The maximum Gasteiger partial charge on any atom is 0.224 e. The van der Waals surface area contributed by atoms with E-state index in [4.69, 9.17) is 0 Å². The van der Waals surface area contributed by atoms with Crippen molar-refractivity contribution < 1.29 is 4.79 Å². The Kier molecular flexibility index (Phi) is 4.32. The number of pyridine rings is 1. The number of nitrogens with one attached hydrogen (secondary N) is 1. The van der Waals surface area contributed by atoms with E-state index in [9.17, 15) is 4.79 Å². The lowest BCUT2D eigenvalue weighted by Crippen LogP contribution is -2.14. The molecule has 3 aromatic heterocycles. The number of rotatable bonds is 4. The van der Waals surface area contributed by atoms with Gasteiger partial charge in [-0.15, -0.1) is 0 Å². The molecular formula is C21H21N5O. The molecule has 0 spiro atoms. The van der Waals surface area contributed by atoms with Crippen molar-refractivity contribution in [1.82, 2.24) is 19.6 Å². The Morgan fingerprint density at radius 3 is 2.81 bits per heavy atom. The minimum absolute atomic E-state index is 0.0382. The molecule has 0 aliphatic heterocycles. The third kappa shape index (κ3) is 3.26. The third-order valence-corrected chi connectivity index (χ3v) is 4.80. The number of carbonyl (C=O) groups excluding carboxylic acids is 1. The lowest BCUT2D eigenvalue weighted by atomic mass is 10.1. The molecule has 0 atom stereocenters. The summed E-state index contributed by atoms with van der Waals surface area (Å²) in [6.45, 7) is 5.96. The molecule has 4 aromatic rings. The van der Waals surface area contributed by atoms with Crippen molar-refractivity contribution in [2.75, 3.05) is 5.32 Å². The van der Waals surface area contributed by atoms with Gasteiger partial charge < -0.3 is 5.32 Å². The van der Waals surface area contributed by atoms with Crippen LogP contribution in [0.5, 0.6) is 0 Å². The fourth-order valence-corrected chi connectivity index (χ4v) is 3.46. The molecule has 27 heavy (non-hydrogen) atoms. The van der Waals surface area contributed by atoms with E-state index >= 15 is 0 Å². The number of anilines is 1. The summed E-state index contributed by atoms with van der Waals surface area (Å²) in [5.41, 5.74) is 6.36. The summed E-state index contributed by atoms with van der Waals surface area (Å²) in [7, 11) is 0. The van der Waals surface area contributed by atoms with E-state index in [0.717, 1.165) is 44.9 Å². The predicted octanol–water partition coefficient (Wildman–Crippen LogP) is 3.77. The zero-order valence-corrected chi connectivity index (χ0v) is 15.7. The van der Waals surface area contributed by atoms with E-state index in [-0.39, 0.29) is 5.91 Å². The predicted molar refractivity (Wildman–Crippen MR) is 106 cm³/mol. The number of fused-ring (bicyclic) bond motifs is 2. The first kappa shape index (κ1) is 17.1. The van der Waals surface area contributed by atoms with Gasteiger partial charge in [-0.05, 0) is 44.9 Å². The summed E-state index contributed by atoms with van der Waals surface area (Å²) in [4.78, 5) is 21.5. The first-order chi connectivity index (χ1) is 13.0. The van der Waals surface area contributed by atoms with E-state index in [1.807, 2.05) is 61.7 Å². The molecule has 0 aliphatic carbocycles. The van der Waals surface area contributed by atoms with Gasteiger partial charge in [0.05, 0.1) is 16.9 Å². The van der Waals surface area contributed by atoms with Crippen molar-refractivity contribution in [2.24, 2.45) is 0 Å². The lowest BCUT2D eigenvalue weighted by Gasteiger charge is -2.12. The summed E-state index contributed by atoms with van der Waals surface area (Å²) in [6, 6.07) is 11.6. The van der Waals surface area contributed by atoms with Crippen LogP contribution in [0.1, 0.15) is 29.1 Å². The van der Waals surface area contributed by atoms with Gasteiger partial charge >= 0.3 is 0 Å². The van der Waals surface area contributed by atoms with Crippen LogP contribution in [-0.2, 0) is 11.2 Å². The number of hydrogen-bond donors (Lipinski definition) is 1. The second-order valence-electron chi connectivity index (χ2n) is 6.75. The maximum absolute atomic E-state index is 12.5. The Morgan fingerprint density at radius 2 is 1.96 bits per heavy atom. The van der Waals surface area contributed by atoms with Crippen LogP contribution in [0.3, 0.4) is 0 Å². The van der Waals surface area contributed by atoms with Gasteiger partial charge in [0.25, 0.3) is 0 Å². The molecule has 0 bridgehead atoms. The van der Waals surface area contributed by atoms with E-state index in [1.165, 1.54) is 0 Å². The second-order valence-corrected chi connectivity index (χ2v) is 6.75. The van der Waals surface area contributed by atoms with E-state index in [0.29, 0.717) is 12.8 Å². The molecule has 0 radical (unpaired) electrons. The van der Waals surface area contributed by atoms with Crippen LogP contribution >= 0.6 is 0 Å². The Balaban J connectivity index is 1.53. The van der Waals surface area contributed by atoms with E-state index in [2.05, 4.69) is 20.4 Å². The fourth-order valence-electron chi connectivity index (χ4n) is 3.46. The Morgan fingerprint density at radius 1 is 1.15 bits per heavy atom. The molecule has 0 aliphatic rings. The minimum atomic E-state index is -0.0382. The molecule has 3 heterocycles. The minimum Gasteiger partial charge on any atom is -0.324 e. The summed E-state index contributed by atoms with van der Waals surface area (Å²) >= 11 is 0. The topological polar surface area (TPSA) is 72.2 Å². The molecular weight excluding hydrogens is 338 g/mol. The molecule has 0 saturated carbocycles. The molecule has 6 heteroatoms. The van der Waals surface area contributed by atoms with Gasteiger partial charge in [-0.2, -0.15) is 5.10 Å². The van der Waals surface area contributed by atoms with Crippen molar-refractivity contribution in [3.8, 4) is 0 Å². The van der Waals surface area contributed by atoms with Crippen LogP contribution in [-0.4, -0.2) is 25.5 Å². The number of benzene rings is 1. The lowest BCUT2D eigenvalue weighted by molar-refractivity contribution is -0.116. The number of para-hydroxylation sites is 1. The number of carbonyl (C=O) groups is 1. The highest BCUT2D eigenvalue weighted by Gasteiger charge is 2.13. The largest absolute Gasteiger partial charge is 0.324 e. The third-order valence-electron chi connectivity index (χ3n) is 4.80. The molecule has 136 valence electrons. The van der Waals surface area contributed by atoms with Gasteiger partial charge in [0.1, 0.15) is 0 Å². The number of nitrogens with zero attached hydrogens (tertiary/aromatic N) is 4. The zero-order valence-electron chi connectivity index (χ0n) is 15.7. The smallest absolute Gasteiger partial charge is 0.224 e. The zero-order chi connectivity index (χ0) is 19.0. The van der Waals surface area contributed by atoms with Crippen LogP contribution in [0.15, 0.2) is 42.6 Å². The maximum atomic E-state index is 12.5. The summed E-state index contributed by atoms with van der Waals surface area (Å²) in [6.07, 6.45) is 2.72. The van der Waals surface area contributed by atoms with Gasteiger partial charge in [-0.1, -0.05) is 18.2 Å². The van der Waals surface area contributed by atoms with Gasteiger partial charge in [0, 0.05) is 35.5 Å². The molecule has 1 amide bonds. The van der Waals surface area contributed by atoms with Gasteiger partial charge in [0.15, 0.2) is 5.65 Å². The Hall–Kier alpha value is -3.28. The highest BCUT2D eigenvalue weighted by Crippen LogP contribution is 2.21. The SMILES string of the molecule is Cc1cc2nc(C)c(CCC(=O)Nc3cccc4cccnc34)c(C)n2n1. The van der Waals surface area contributed by atoms with Crippen LogP contribution in [0.25, 0.3) is 16.6 Å². The summed E-state index contributed by atoms with van der Waals surface area (Å²) < 4.78 is 1.85. The average molecular weight is 359 g/mol. The second kappa shape index (κ2) is 6.79. The summed E-state index contributed by atoms with van der Waals surface area (Å²) in [5, 5.41) is 8.49. The van der Waals surface area contributed by atoms with Crippen LogP contribution in [0, 0.1) is 20.8 Å². The molecule has 4 rings (SSSR count). The molecule has 1 N–H and O–H groups in total. The standard InChI is InChI=1S/C21H21N5O/c1-13-12-19-23-14(2)17(15(3)26(19)25-13)9-10-20(27)24-18-8-4-6-16-7-5-11-22-21(16)18/h4-8,11-12H,9-10H2,1-3H3,(H,24,27). The van der Waals surface area contributed by atoms with Crippen LogP contribution in [0.4, 0.5) is 5.69 Å². The van der Waals surface area contributed by atoms with Gasteiger partial charge in [-0.3, -0.25) is 9.78 Å². The van der Waals surface area contributed by atoms with Crippen LogP contribution in [0.2, 0.25) is 0 Å². The van der Waals surface area contributed by atoms with E-state index in [1.54, 1.807) is 6.20 Å². The molecule has 6 nitrogen and oxygen atoms in total. The van der Waals surface area contributed by atoms with Crippen molar-refractivity contribution >= 4 is 28.1 Å². The van der Waals surface area contributed by atoms with E-state index < -0.39 is 0 Å². The van der Waals surface area contributed by atoms with Crippen molar-refractivity contribution in [2.45, 2.75) is 33.6 Å². The average Bonchev–Trinajstić information content (AvgIpc) is 3.02. The molecule has 0 saturated heterocycles. The molecule has 1 aromatic carbocycles. The first-order valence-electron chi connectivity index (χ1n) is 8.99. The number of hydrogen-bond acceptors (Lipinski definition) is 4. The highest BCUT2D eigenvalue weighted by molar-refractivity contribution is 6.00. The molecule has 0 unspecified atom stereocenters. The monoisotopic (exact) mass is 359 g/mol. The summed E-state index contributed by atoms with van der Waals surface area (Å²) in [5.74, 6) is -0.0382. The van der Waals surface area contributed by atoms with Crippen molar-refractivity contribution in [3.05, 3.63) is 65.2 Å². The van der Waals surface area contributed by atoms with Crippen molar-refractivity contribution in [3.63, 3.8) is 0 Å². The van der Waals surface area contributed by atoms with Gasteiger partial charge in [-0.25, -0.2) is 9.50 Å². The Labute approximate surface area is 157 Å². The number of aromatic nitrogens is 4. The fraction of sp³-hybridized carbons (Fsp3) is 0.238. The first-order valence-corrected chi connectivity index (χ1v) is 8.99. The quantitative estimate of drug-likeness (QED) is 0.602. The number of amides is 1. The number of aryl methyl sites for hydroxylation is 3. The van der Waals surface area contributed by atoms with Crippen molar-refractivity contribution in [1.29, 1.82) is 0 Å². The Bertz CT molecular complexity index is 1160. The normalized spacial score (nSPS) is 11.2. The molecule has 0 fully saturated rings. The van der Waals surface area contributed by atoms with Crippen LogP contribution < -0.4 is 5.32 Å².